The van der Waals surface area contributed by atoms with Gasteiger partial charge in [0.2, 0.25) is 21.9 Å². The molecule has 180 valence electrons. The number of anilines is 1. The Balaban J connectivity index is 1.52. The molecule has 10 nitrogen and oxygen atoms in total. The molecule has 3 aliphatic rings. The highest BCUT2D eigenvalue weighted by Crippen LogP contribution is 2.56. The van der Waals surface area contributed by atoms with Crippen molar-refractivity contribution >= 4 is 32.8 Å². The topological polar surface area (TPSA) is 133 Å². The molecule has 0 amide bonds. The first-order chi connectivity index (χ1) is 16.1. The minimum atomic E-state index is -3.80. The fourth-order valence-corrected chi connectivity index (χ4v) is 7.60. The number of hydrogen-bond donors (Lipinski definition) is 3. The summed E-state index contributed by atoms with van der Waals surface area (Å²) in [7, 11) is -0.929. The van der Waals surface area contributed by atoms with Gasteiger partial charge in [-0.2, -0.15) is 0 Å². The first-order valence-electron chi connectivity index (χ1n) is 11.0. The quantitative estimate of drug-likeness (QED) is 0.600. The Labute approximate surface area is 196 Å². The maximum atomic E-state index is 15.6. The van der Waals surface area contributed by atoms with Crippen molar-refractivity contribution in [1.29, 1.82) is 5.41 Å². The molecule has 1 saturated heterocycles. The van der Waals surface area contributed by atoms with Crippen molar-refractivity contribution in [2.75, 3.05) is 19.5 Å². The first kappa shape index (κ1) is 22.5. The van der Waals surface area contributed by atoms with Crippen molar-refractivity contribution in [2.24, 2.45) is 5.41 Å². The van der Waals surface area contributed by atoms with Gasteiger partial charge in [0, 0.05) is 30.8 Å². The summed E-state index contributed by atoms with van der Waals surface area (Å²) in [6.45, 7) is 1.73. The van der Waals surface area contributed by atoms with Gasteiger partial charge in [-0.1, -0.05) is 6.92 Å². The Hall–Kier alpha value is -3.28. The van der Waals surface area contributed by atoms with E-state index in [-0.39, 0.29) is 12.4 Å². The summed E-state index contributed by atoms with van der Waals surface area (Å²) in [5.74, 6) is 0.174. The van der Waals surface area contributed by atoms with E-state index in [0.717, 1.165) is 4.31 Å². The van der Waals surface area contributed by atoms with Crippen molar-refractivity contribution in [1.82, 2.24) is 24.6 Å². The number of sulfonamides is 1. The third kappa shape index (κ3) is 3.07. The molecule has 3 atom stereocenters. The molecule has 0 bridgehead atoms. The van der Waals surface area contributed by atoms with E-state index in [2.05, 4.69) is 25.6 Å². The molecule has 5 rings (SSSR count). The Bertz CT molecular complexity index is 1360. The van der Waals surface area contributed by atoms with E-state index in [4.69, 9.17) is 10.1 Å². The number of nitrogens with one attached hydrogen (secondary N) is 3. The van der Waals surface area contributed by atoms with E-state index in [1.807, 2.05) is 0 Å². The lowest BCUT2D eigenvalue weighted by atomic mass is 9.64. The summed E-state index contributed by atoms with van der Waals surface area (Å²) in [4.78, 5) is 13.2. The molecule has 2 aromatic heterocycles. The van der Waals surface area contributed by atoms with Crippen molar-refractivity contribution in [2.45, 2.75) is 43.4 Å². The van der Waals surface area contributed by atoms with Crippen LogP contribution in [0.1, 0.15) is 32.6 Å². The van der Waals surface area contributed by atoms with Gasteiger partial charge in [-0.15, -0.1) is 0 Å². The SMILES string of the molecule is COc1cnc2c(NC3=CC=C(F)C(C)([C@]45CCC[C@H]4S(=O)(=O)N(C)C(=N)N5)C3)nccc2n1. The van der Waals surface area contributed by atoms with E-state index in [0.29, 0.717) is 47.7 Å². The Morgan fingerprint density at radius 1 is 1.35 bits per heavy atom. The van der Waals surface area contributed by atoms with E-state index in [1.165, 1.54) is 26.4 Å². The molecule has 0 aromatic carbocycles. The molecule has 2 aromatic rings. The maximum absolute atomic E-state index is 15.6. The molecule has 0 spiro atoms. The molecule has 1 aliphatic heterocycles. The van der Waals surface area contributed by atoms with E-state index >= 15 is 4.39 Å². The smallest absolute Gasteiger partial charge is 0.242 e. The van der Waals surface area contributed by atoms with Crippen molar-refractivity contribution in [3.05, 3.63) is 42.1 Å². The van der Waals surface area contributed by atoms with Gasteiger partial charge in [-0.05, 0) is 37.5 Å². The van der Waals surface area contributed by atoms with Crippen molar-refractivity contribution in [3.8, 4) is 5.88 Å². The lowest BCUT2D eigenvalue weighted by molar-refractivity contribution is 0.125. The highest BCUT2D eigenvalue weighted by Gasteiger charge is 2.65. The van der Waals surface area contributed by atoms with Crippen LogP contribution in [0.4, 0.5) is 10.2 Å². The monoisotopic (exact) mass is 487 g/mol. The zero-order valence-electron chi connectivity index (χ0n) is 19.1. The van der Waals surface area contributed by atoms with E-state index in [9.17, 15) is 8.42 Å². The molecule has 12 heteroatoms. The van der Waals surface area contributed by atoms with Gasteiger partial charge in [-0.25, -0.2) is 32.1 Å². The summed E-state index contributed by atoms with van der Waals surface area (Å²) < 4.78 is 48.1. The van der Waals surface area contributed by atoms with E-state index in [1.54, 1.807) is 25.3 Å². The number of halogens is 1. The Kier molecular flexibility index (Phi) is 5.04. The van der Waals surface area contributed by atoms with Crippen LogP contribution in [-0.2, 0) is 10.0 Å². The van der Waals surface area contributed by atoms with Gasteiger partial charge in [-0.3, -0.25) is 5.41 Å². The normalized spacial score (nSPS) is 30.3. The minimum absolute atomic E-state index is 0.187. The third-order valence-corrected chi connectivity index (χ3v) is 9.70. The van der Waals surface area contributed by atoms with Crippen molar-refractivity contribution < 1.29 is 17.5 Å². The molecule has 0 radical (unpaired) electrons. The fraction of sp³-hybridized carbons (Fsp3) is 0.455. The van der Waals surface area contributed by atoms with Gasteiger partial charge >= 0.3 is 0 Å². The number of nitrogens with zero attached hydrogens (tertiary/aromatic N) is 4. The molecular formula is C22H26FN7O3S. The van der Waals surface area contributed by atoms with Crippen LogP contribution in [0.3, 0.4) is 0 Å². The zero-order chi connectivity index (χ0) is 24.3. The number of aromatic nitrogens is 3. The molecule has 3 heterocycles. The second kappa shape index (κ2) is 7.62. The second-order valence-electron chi connectivity index (χ2n) is 9.12. The number of ether oxygens (including phenoxy) is 1. The summed E-state index contributed by atoms with van der Waals surface area (Å²) >= 11 is 0. The largest absolute Gasteiger partial charge is 0.480 e. The van der Waals surface area contributed by atoms with E-state index < -0.39 is 32.1 Å². The molecule has 1 unspecified atom stereocenters. The van der Waals surface area contributed by atoms with Gasteiger partial charge in [0.15, 0.2) is 5.82 Å². The zero-order valence-corrected chi connectivity index (χ0v) is 19.9. The van der Waals surface area contributed by atoms with Gasteiger partial charge in [0.1, 0.15) is 16.6 Å². The Morgan fingerprint density at radius 3 is 2.91 bits per heavy atom. The van der Waals surface area contributed by atoms with Crippen LogP contribution in [-0.4, -0.2) is 58.6 Å². The number of allylic oxidation sites excluding steroid dienone is 3. The van der Waals surface area contributed by atoms with Crippen LogP contribution in [0.2, 0.25) is 0 Å². The molecule has 2 fully saturated rings. The second-order valence-corrected chi connectivity index (χ2v) is 11.3. The highest BCUT2D eigenvalue weighted by molar-refractivity contribution is 7.90. The minimum Gasteiger partial charge on any atom is -0.480 e. The number of guanidine groups is 1. The van der Waals surface area contributed by atoms with Gasteiger partial charge < -0.3 is 15.4 Å². The lowest BCUT2D eigenvalue weighted by Crippen LogP contribution is -2.73. The maximum Gasteiger partial charge on any atom is 0.242 e. The average Bonchev–Trinajstić information content (AvgIpc) is 3.26. The van der Waals surface area contributed by atoms with Crippen LogP contribution in [0.25, 0.3) is 11.0 Å². The number of hydrogen-bond acceptors (Lipinski definition) is 8. The molecule has 1 saturated carbocycles. The summed E-state index contributed by atoms with van der Waals surface area (Å²) in [6, 6.07) is 1.72. The van der Waals surface area contributed by atoms with Gasteiger partial charge in [0.25, 0.3) is 0 Å². The summed E-state index contributed by atoms with van der Waals surface area (Å²) in [6.07, 6.45) is 7.74. The molecule has 2 aliphatic carbocycles. The van der Waals surface area contributed by atoms with Crippen LogP contribution >= 0.6 is 0 Å². The standard InChI is InChI=1S/C22H26FN7O3S/c1-21(22-9-4-5-16(22)34(31,32)30(2)20(24)29-22)11-13(6-7-15(21)23)27-19-18-14(8-10-25-19)28-17(33-3)12-26-18/h6-8,10,12,16H,4-5,9,11H2,1-3H3,(H2,24,29)(H,25,27)/t16-,21?,22+/m1/s1. The number of pyridine rings is 1. The predicted molar refractivity (Wildman–Crippen MR) is 125 cm³/mol. The molecular weight excluding hydrogens is 461 g/mol. The molecule has 3 N–H and O–H groups in total. The lowest BCUT2D eigenvalue weighted by Gasteiger charge is -2.54. The van der Waals surface area contributed by atoms with Crippen LogP contribution < -0.4 is 15.4 Å². The number of methoxy groups -OCH3 is 1. The number of fused-ring (bicyclic) bond motifs is 2. The fourth-order valence-electron chi connectivity index (χ4n) is 5.51. The highest BCUT2D eigenvalue weighted by atomic mass is 32.2. The van der Waals surface area contributed by atoms with Crippen LogP contribution in [0.5, 0.6) is 5.88 Å². The van der Waals surface area contributed by atoms with Crippen molar-refractivity contribution in [3.63, 3.8) is 0 Å². The Morgan fingerprint density at radius 2 is 2.15 bits per heavy atom. The predicted octanol–water partition coefficient (Wildman–Crippen LogP) is 2.68. The van der Waals surface area contributed by atoms with Crippen LogP contribution in [0.15, 0.2) is 42.1 Å². The third-order valence-electron chi connectivity index (χ3n) is 7.40. The average molecular weight is 488 g/mol. The first-order valence-corrected chi connectivity index (χ1v) is 12.5. The molecule has 34 heavy (non-hydrogen) atoms. The summed E-state index contributed by atoms with van der Waals surface area (Å²) in [5, 5.41) is 13.8. The number of rotatable bonds is 4. The van der Waals surface area contributed by atoms with Crippen LogP contribution in [0, 0.1) is 10.8 Å². The van der Waals surface area contributed by atoms with Gasteiger partial charge in [0.05, 0.1) is 24.4 Å². The summed E-state index contributed by atoms with van der Waals surface area (Å²) in [5.41, 5.74) is -0.573.